The zero-order valence-corrected chi connectivity index (χ0v) is 12.0. The number of carbonyl (C=O) groups is 1. The van der Waals surface area contributed by atoms with Crippen molar-refractivity contribution in [1.29, 1.82) is 0 Å². The lowest BCUT2D eigenvalue weighted by Crippen LogP contribution is -2.32. The molecule has 1 aromatic carbocycles. The molecule has 2 nitrogen and oxygen atoms in total. The van der Waals surface area contributed by atoms with Crippen LogP contribution in [-0.4, -0.2) is 20.5 Å². The van der Waals surface area contributed by atoms with Crippen molar-refractivity contribution in [3.63, 3.8) is 0 Å². The molecule has 2 saturated heterocycles. The molecule has 0 radical (unpaired) electrons. The predicted octanol–water partition coefficient (Wildman–Crippen LogP) is 3.15. The monoisotopic (exact) mass is 298 g/mol. The fraction of sp³-hybridized carbons (Fsp3) is 0.533. The molecule has 2 unspecified atom stereocenters. The Kier molecular flexibility index (Phi) is 3.48. The lowest BCUT2D eigenvalue weighted by atomic mass is 9.88. The van der Waals surface area contributed by atoms with Gasteiger partial charge in [0.15, 0.2) is 17.4 Å². The first kappa shape index (κ1) is 13.9. The Bertz CT molecular complexity index is 584. The van der Waals surface area contributed by atoms with Gasteiger partial charge in [0, 0.05) is 32.8 Å². The van der Waals surface area contributed by atoms with Gasteiger partial charge >= 0.3 is 0 Å². The maximum Gasteiger partial charge on any atom is 0.166 e. The highest BCUT2D eigenvalue weighted by Crippen LogP contribution is 2.40. The standard InChI is InChI=1S/C15H16F2O2S/c1-8-12(4-5-13(16)14(8)17)15(18)9-6-10-2-3-11(7-9)20(10)19/h4-5,9-11H,2-3,6-7H2,1H3. The Morgan fingerprint density at radius 2 is 1.80 bits per heavy atom. The van der Waals surface area contributed by atoms with Gasteiger partial charge in [-0.2, -0.15) is 0 Å². The van der Waals surface area contributed by atoms with Crippen LogP contribution < -0.4 is 0 Å². The number of hydrogen-bond donors (Lipinski definition) is 0. The molecule has 2 atom stereocenters. The molecule has 2 aliphatic heterocycles. The molecular formula is C15H16F2O2S. The van der Waals surface area contributed by atoms with Crippen molar-refractivity contribution >= 4 is 16.6 Å². The first-order valence-electron chi connectivity index (χ1n) is 6.87. The molecule has 0 saturated carbocycles. The van der Waals surface area contributed by atoms with E-state index >= 15 is 0 Å². The lowest BCUT2D eigenvalue weighted by molar-refractivity contribution is 0.0905. The van der Waals surface area contributed by atoms with Gasteiger partial charge in [-0.1, -0.05) is 0 Å². The number of halogens is 2. The van der Waals surface area contributed by atoms with E-state index in [2.05, 4.69) is 0 Å². The SMILES string of the molecule is Cc1c(C(=O)C2CC3CCC(C2)S3=O)ccc(F)c1F. The highest BCUT2D eigenvalue weighted by Gasteiger charge is 2.43. The van der Waals surface area contributed by atoms with E-state index in [-0.39, 0.29) is 33.3 Å². The summed E-state index contributed by atoms with van der Waals surface area (Å²) in [6.07, 6.45) is 3.05. The molecule has 5 heteroatoms. The molecule has 2 heterocycles. The molecule has 0 N–H and O–H groups in total. The van der Waals surface area contributed by atoms with Crippen LogP contribution in [0.5, 0.6) is 0 Å². The first-order chi connectivity index (χ1) is 9.49. The number of Topliss-reactive ketones (excluding diaryl/α,β-unsaturated/α-hetero) is 1. The molecule has 1 aromatic rings. The Balaban J connectivity index is 1.87. The van der Waals surface area contributed by atoms with Crippen molar-refractivity contribution < 1.29 is 17.8 Å². The summed E-state index contributed by atoms with van der Waals surface area (Å²) in [5.41, 5.74) is 0.343. The van der Waals surface area contributed by atoms with Crippen molar-refractivity contribution in [1.82, 2.24) is 0 Å². The Hall–Kier alpha value is -1.10. The van der Waals surface area contributed by atoms with Gasteiger partial charge < -0.3 is 0 Å². The maximum absolute atomic E-state index is 13.6. The maximum atomic E-state index is 13.6. The van der Waals surface area contributed by atoms with Crippen LogP contribution in [0.4, 0.5) is 8.78 Å². The van der Waals surface area contributed by atoms with Gasteiger partial charge in [-0.05, 0) is 50.3 Å². The third-order valence-corrected chi connectivity index (χ3v) is 6.71. The summed E-state index contributed by atoms with van der Waals surface area (Å²) in [5, 5.41) is 0.210. The summed E-state index contributed by atoms with van der Waals surface area (Å²) < 4.78 is 38.6. The molecule has 2 fully saturated rings. The highest BCUT2D eigenvalue weighted by molar-refractivity contribution is 7.86. The molecular weight excluding hydrogens is 282 g/mol. The number of benzene rings is 1. The molecule has 108 valence electrons. The minimum Gasteiger partial charge on any atom is -0.294 e. The first-order valence-corrected chi connectivity index (χ1v) is 8.15. The molecule has 20 heavy (non-hydrogen) atoms. The second kappa shape index (κ2) is 5.02. The topological polar surface area (TPSA) is 34.1 Å². The van der Waals surface area contributed by atoms with Crippen LogP contribution in [0.1, 0.15) is 41.6 Å². The van der Waals surface area contributed by atoms with E-state index in [1.165, 1.54) is 13.0 Å². The van der Waals surface area contributed by atoms with E-state index in [0.717, 1.165) is 18.9 Å². The third kappa shape index (κ3) is 2.12. The van der Waals surface area contributed by atoms with Gasteiger partial charge in [-0.25, -0.2) is 8.78 Å². The minimum atomic E-state index is -0.946. The highest BCUT2D eigenvalue weighted by atomic mass is 32.2. The van der Waals surface area contributed by atoms with E-state index < -0.39 is 22.4 Å². The summed E-state index contributed by atoms with van der Waals surface area (Å²) >= 11 is 0. The zero-order chi connectivity index (χ0) is 14.4. The van der Waals surface area contributed by atoms with Crippen molar-refractivity contribution in [2.45, 2.75) is 43.1 Å². The summed E-state index contributed by atoms with van der Waals surface area (Å²) in [4.78, 5) is 12.5. The number of carbonyl (C=O) groups excluding carboxylic acids is 1. The van der Waals surface area contributed by atoms with E-state index in [4.69, 9.17) is 0 Å². The number of fused-ring (bicyclic) bond motifs is 2. The van der Waals surface area contributed by atoms with Crippen molar-refractivity contribution in [2.75, 3.05) is 0 Å². The van der Waals surface area contributed by atoms with Crippen LogP contribution in [0.2, 0.25) is 0 Å². The smallest absolute Gasteiger partial charge is 0.166 e. The molecule has 2 aliphatic rings. The molecule has 0 aliphatic carbocycles. The molecule has 0 aromatic heterocycles. The van der Waals surface area contributed by atoms with Gasteiger partial charge in [0.1, 0.15) is 0 Å². The van der Waals surface area contributed by atoms with E-state index in [9.17, 15) is 17.8 Å². The largest absolute Gasteiger partial charge is 0.294 e. The van der Waals surface area contributed by atoms with Crippen LogP contribution in [0.3, 0.4) is 0 Å². The zero-order valence-electron chi connectivity index (χ0n) is 11.2. The van der Waals surface area contributed by atoms with E-state index in [1.807, 2.05) is 0 Å². The second-order valence-electron chi connectivity index (χ2n) is 5.72. The van der Waals surface area contributed by atoms with Crippen molar-refractivity contribution in [2.24, 2.45) is 5.92 Å². The summed E-state index contributed by atoms with van der Waals surface area (Å²) in [7, 11) is -0.812. The molecule has 2 bridgehead atoms. The Morgan fingerprint density at radius 1 is 1.20 bits per heavy atom. The van der Waals surface area contributed by atoms with Crippen LogP contribution >= 0.6 is 0 Å². The lowest BCUT2D eigenvalue weighted by Gasteiger charge is -2.26. The molecule has 0 spiro atoms. The third-order valence-electron chi connectivity index (χ3n) is 4.54. The van der Waals surface area contributed by atoms with Crippen molar-refractivity contribution in [3.05, 3.63) is 34.9 Å². The average Bonchev–Trinajstić information content (AvgIpc) is 2.66. The minimum absolute atomic E-state index is 0.0778. The van der Waals surface area contributed by atoms with Crippen LogP contribution in [0, 0.1) is 24.5 Å². The number of ketones is 1. The summed E-state index contributed by atoms with van der Waals surface area (Å²) in [6.45, 7) is 1.43. The van der Waals surface area contributed by atoms with E-state index in [0.29, 0.717) is 12.8 Å². The quantitative estimate of drug-likeness (QED) is 0.786. The summed E-state index contributed by atoms with van der Waals surface area (Å²) in [6, 6.07) is 2.37. The van der Waals surface area contributed by atoms with Gasteiger partial charge in [-0.3, -0.25) is 9.00 Å². The normalized spacial score (nSPS) is 32.4. The summed E-state index contributed by atoms with van der Waals surface area (Å²) in [5.74, 6) is -2.20. The fourth-order valence-electron chi connectivity index (χ4n) is 3.39. The van der Waals surface area contributed by atoms with Crippen LogP contribution in [0.25, 0.3) is 0 Å². The second-order valence-corrected chi connectivity index (χ2v) is 7.71. The van der Waals surface area contributed by atoms with Gasteiger partial charge in [0.2, 0.25) is 0 Å². The van der Waals surface area contributed by atoms with Gasteiger partial charge in [0.05, 0.1) is 0 Å². The average molecular weight is 298 g/mol. The predicted molar refractivity (Wildman–Crippen MR) is 73.1 cm³/mol. The van der Waals surface area contributed by atoms with Crippen molar-refractivity contribution in [3.8, 4) is 0 Å². The Morgan fingerprint density at radius 3 is 2.40 bits per heavy atom. The van der Waals surface area contributed by atoms with Gasteiger partial charge in [0.25, 0.3) is 0 Å². The van der Waals surface area contributed by atoms with Crippen LogP contribution in [-0.2, 0) is 10.8 Å². The fourth-order valence-corrected chi connectivity index (χ4v) is 5.51. The van der Waals surface area contributed by atoms with Gasteiger partial charge in [-0.15, -0.1) is 0 Å². The number of hydrogen-bond acceptors (Lipinski definition) is 2. The van der Waals surface area contributed by atoms with E-state index in [1.54, 1.807) is 0 Å². The molecule has 3 rings (SSSR count). The number of rotatable bonds is 2. The Labute approximate surface area is 119 Å². The van der Waals surface area contributed by atoms with Crippen LogP contribution in [0.15, 0.2) is 12.1 Å². The molecule has 0 amide bonds.